The van der Waals surface area contributed by atoms with Crippen LogP contribution in [0.5, 0.6) is 5.75 Å². The van der Waals surface area contributed by atoms with Crippen molar-refractivity contribution in [3.05, 3.63) is 45.4 Å². The molecular weight excluding hydrogens is 300 g/mol. The van der Waals surface area contributed by atoms with Gasteiger partial charge in [0.1, 0.15) is 18.4 Å². The molecular formula is C13H13ClN2O3S. The first-order valence-electron chi connectivity index (χ1n) is 5.85. The number of nitrogens with two attached hydrogens (primary N) is 1. The van der Waals surface area contributed by atoms with Gasteiger partial charge < -0.3 is 15.6 Å². The highest BCUT2D eigenvalue weighted by Crippen LogP contribution is 2.21. The van der Waals surface area contributed by atoms with E-state index >= 15 is 0 Å². The Balaban J connectivity index is 1.97. The van der Waals surface area contributed by atoms with Gasteiger partial charge in [0.05, 0.1) is 4.88 Å². The van der Waals surface area contributed by atoms with Crippen LogP contribution in [0.4, 0.5) is 0 Å². The Bertz CT molecular complexity index is 603. The smallest absolute Gasteiger partial charge is 0.320 e. The van der Waals surface area contributed by atoms with Crippen LogP contribution in [0.3, 0.4) is 0 Å². The summed E-state index contributed by atoms with van der Waals surface area (Å²) in [6.07, 6.45) is 1.93. The van der Waals surface area contributed by atoms with Gasteiger partial charge in [-0.1, -0.05) is 23.7 Å². The maximum absolute atomic E-state index is 10.7. The minimum Gasteiger partial charge on any atom is -0.488 e. The van der Waals surface area contributed by atoms with E-state index in [9.17, 15) is 4.79 Å². The highest BCUT2D eigenvalue weighted by molar-refractivity contribution is 7.15. The molecule has 1 unspecified atom stereocenters. The summed E-state index contributed by atoms with van der Waals surface area (Å²) in [4.78, 5) is 15.6. The van der Waals surface area contributed by atoms with Crippen LogP contribution < -0.4 is 10.5 Å². The molecule has 2 aromatic rings. The van der Waals surface area contributed by atoms with Crippen molar-refractivity contribution in [2.24, 2.45) is 5.73 Å². The highest BCUT2D eigenvalue weighted by atomic mass is 35.5. The van der Waals surface area contributed by atoms with Crippen molar-refractivity contribution < 1.29 is 14.6 Å². The maximum atomic E-state index is 10.7. The molecule has 0 fully saturated rings. The molecule has 0 aliphatic carbocycles. The minimum absolute atomic E-state index is 0.263. The number of carboxylic acid groups (broad SMARTS) is 1. The molecule has 0 radical (unpaired) electrons. The molecule has 0 spiro atoms. The second kappa shape index (κ2) is 6.69. The molecule has 0 bridgehead atoms. The fourth-order valence-electron chi connectivity index (χ4n) is 1.61. The van der Waals surface area contributed by atoms with Gasteiger partial charge in [0.2, 0.25) is 0 Å². The molecule has 1 aromatic carbocycles. The Morgan fingerprint density at radius 1 is 1.55 bits per heavy atom. The van der Waals surface area contributed by atoms with Crippen LogP contribution in [0.1, 0.15) is 10.4 Å². The number of nitrogens with zero attached hydrogens (tertiary/aromatic N) is 1. The molecule has 1 aromatic heterocycles. The van der Waals surface area contributed by atoms with Crippen LogP contribution >= 0.6 is 22.9 Å². The number of hydrogen-bond acceptors (Lipinski definition) is 5. The van der Waals surface area contributed by atoms with E-state index in [4.69, 9.17) is 27.2 Å². The number of hydrogen-bond donors (Lipinski definition) is 2. The zero-order valence-corrected chi connectivity index (χ0v) is 12.0. The number of benzene rings is 1. The molecule has 0 saturated carbocycles. The standard InChI is InChI=1S/C13H13ClN2O3S/c14-13-16-6-10(20-13)7-19-9-3-1-2-8(4-9)5-11(15)12(17)18/h1-4,6,11H,5,7,15H2,(H,17,18). The fraction of sp³-hybridized carbons (Fsp3) is 0.231. The van der Waals surface area contributed by atoms with E-state index in [-0.39, 0.29) is 6.42 Å². The number of carboxylic acids is 1. The zero-order valence-electron chi connectivity index (χ0n) is 10.5. The molecule has 0 amide bonds. The van der Waals surface area contributed by atoms with Crippen molar-refractivity contribution >= 4 is 28.9 Å². The Labute approximate surface area is 125 Å². The van der Waals surface area contributed by atoms with Gasteiger partial charge in [-0.3, -0.25) is 4.79 Å². The third kappa shape index (κ3) is 4.19. The lowest BCUT2D eigenvalue weighted by molar-refractivity contribution is -0.138. The van der Waals surface area contributed by atoms with Gasteiger partial charge in [-0.2, -0.15) is 0 Å². The molecule has 7 heteroatoms. The largest absolute Gasteiger partial charge is 0.488 e. The van der Waals surface area contributed by atoms with E-state index in [1.54, 1.807) is 24.4 Å². The Kier molecular flexibility index (Phi) is 4.94. The number of halogens is 1. The van der Waals surface area contributed by atoms with Gasteiger partial charge >= 0.3 is 5.97 Å². The van der Waals surface area contributed by atoms with Crippen LogP contribution in [0.15, 0.2) is 30.5 Å². The molecule has 1 heterocycles. The topological polar surface area (TPSA) is 85.4 Å². The summed E-state index contributed by atoms with van der Waals surface area (Å²) >= 11 is 7.09. The average molecular weight is 313 g/mol. The summed E-state index contributed by atoms with van der Waals surface area (Å²) in [5, 5.41) is 8.79. The lowest BCUT2D eigenvalue weighted by Crippen LogP contribution is -2.32. The van der Waals surface area contributed by atoms with E-state index in [1.165, 1.54) is 11.3 Å². The first-order valence-corrected chi connectivity index (χ1v) is 7.04. The first kappa shape index (κ1) is 14.8. The minimum atomic E-state index is -1.02. The van der Waals surface area contributed by atoms with Crippen molar-refractivity contribution in [3.63, 3.8) is 0 Å². The lowest BCUT2D eigenvalue weighted by atomic mass is 10.1. The van der Waals surface area contributed by atoms with E-state index in [0.29, 0.717) is 16.8 Å². The van der Waals surface area contributed by atoms with Gasteiger partial charge in [0, 0.05) is 6.20 Å². The predicted molar refractivity (Wildman–Crippen MR) is 77.2 cm³/mol. The number of aromatic nitrogens is 1. The van der Waals surface area contributed by atoms with E-state index in [1.807, 2.05) is 6.07 Å². The second-order valence-electron chi connectivity index (χ2n) is 4.16. The van der Waals surface area contributed by atoms with Crippen molar-refractivity contribution in [1.29, 1.82) is 0 Å². The molecule has 0 aliphatic rings. The Morgan fingerprint density at radius 3 is 3.00 bits per heavy atom. The van der Waals surface area contributed by atoms with E-state index < -0.39 is 12.0 Å². The van der Waals surface area contributed by atoms with Crippen LogP contribution in [-0.2, 0) is 17.8 Å². The second-order valence-corrected chi connectivity index (χ2v) is 5.86. The summed E-state index contributed by atoms with van der Waals surface area (Å²) in [5.41, 5.74) is 6.32. The molecule has 1 atom stereocenters. The predicted octanol–water partition coefficient (Wildman–Crippen LogP) is 2.33. The lowest BCUT2D eigenvalue weighted by Gasteiger charge is -2.09. The van der Waals surface area contributed by atoms with Crippen molar-refractivity contribution in [3.8, 4) is 5.75 Å². The van der Waals surface area contributed by atoms with Crippen molar-refractivity contribution in [2.75, 3.05) is 0 Å². The third-order valence-electron chi connectivity index (χ3n) is 2.58. The zero-order chi connectivity index (χ0) is 14.5. The first-order chi connectivity index (χ1) is 9.54. The molecule has 106 valence electrons. The summed E-state index contributed by atoms with van der Waals surface area (Å²) in [5.74, 6) is -0.361. The highest BCUT2D eigenvalue weighted by Gasteiger charge is 2.12. The molecule has 0 aliphatic heterocycles. The monoisotopic (exact) mass is 312 g/mol. The normalized spacial score (nSPS) is 12.1. The summed E-state index contributed by atoms with van der Waals surface area (Å²) in [6.45, 7) is 0.374. The number of ether oxygens (including phenoxy) is 1. The molecule has 5 nitrogen and oxygen atoms in total. The summed E-state index contributed by atoms with van der Waals surface area (Å²) in [7, 11) is 0. The molecule has 2 rings (SSSR count). The molecule has 20 heavy (non-hydrogen) atoms. The Hall–Kier alpha value is -1.63. The summed E-state index contributed by atoms with van der Waals surface area (Å²) < 4.78 is 6.09. The number of rotatable bonds is 6. The van der Waals surface area contributed by atoms with Gasteiger partial charge in [-0.25, -0.2) is 4.98 Å². The van der Waals surface area contributed by atoms with Gasteiger partial charge in [-0.15, -0.1) is 11.3 Å². The Morgan fingerprint density at radius 2 is 2.35 bits per heavy atom. The van der Waals surface area contributed by atoms with Crippen LogP contribution in [0.25, 0.3) is 0 Å². The quantitative estimate of drug-likeness (QED) is 0.855. The van der Waals surface area contributed by atoms with Crippen molar-refractivity contribution in [2.45, 2.75) is 19.1 Å². The maximum Gasteiger partial charge on any atom is 0.320 e. The number of aliphatic carboxylic acids is 1. The fourth-order valence-corrected chi connectivity index (χ4v) is 2.50. The van der Waals surface area contributed by atoms with Crippen LogP contribution in [0, 0.1) is 0 Å². The van der Waals surface area contributed by atoms with Gasteiger partial charge in [-0.05, 0) is 24.1 Å². The molecule has 0 saturated heterocycles. The van der Waals surface area contributed by atoms with Crippen molar-refractivity contribution in [1.82, 2.24) is 4.98 Å². The third-order valence-corrected chi connectivity index (χ3v) is 3.67. The molecule has 3 N–H and O–H groups in total. The van der Waals surface area contributed by atoms with E-state index in [2.05, 4.69) is 4.98 Å². The number of thiazole rings is 1. The van der Waals surface area contributed by atoms with Gasteiger partial charge in [0.15, 0.2) is 4.47 Å². The van der Waals surface area contributed by atoms with Gasteiger partial charge in [0.25, 0.3) is 0 Å². The SMILES string of the molecule is NC(Cc1cccc(OCc2cnc(Cl)s2)c1)C(=O)O. The average Bonchev–Trinajstić information content (AvgIpc) is 2.82. The van der Waals surface area contributed by atoms with E-state index in [0.717, 1.165) is 10.4 Å². The van der Waals surface area contributed by atoms with Crippen LogP contribution in [-0.4, -0.2) is 22.1 Å². The summed E-state index contributed by atoms with van der Waals surface area (Å²) in [6, 6.07) is 6.30. The van der Waals surface area contributed by atoms with Crippen LogP contribution in [0.2, 0.25) is 4.47 Å². The number of carbonyl (C=O) groups is 1.